The van der Waals surface area contributed by atoms with E-state index in [1.165, 1.54) is 37.2 Å². The van der Waals surface area contributed by atoms with Gasteiger partial charge in [-0.3, -0.25) is 4.99 Å². The summed E-state index contributed by atoms with van der Waals surface area (Å²) < 4.78 is 1.15. The summed E-state index contributed by atoms with van der Waals surface area (Å²) in [6.45, 7) is 5.37. The number of piperidine rings is 1. The highest BCUT2D eigenvalue weighted by atomic mass is 79.9. The third-order valence-electron chi connectivity index (χ3n) is 3.44. The maximum Gasteiger partial charge on any atom is 0.191 e. The van der Waals surface area contributed by atoms with E-state index in [9.17, 15) is 0 Å². The molecule has 0 spiro atoms. The molecule has 4 nitrogen and oxygen atoms in total. The molecular weight excluding hydrogens is 336 g/mol. The average Bonchev–Trinajstić information content (AvgIpc) is 2.89. The molecule has 2 rings (SSSR count). The van der Waals surface area contributed by atoms with E-state index in [1.54, 1.807) is 11.3 Å². The summed E-state index contributed by atoms with van der Waals surface area (Å²) >= 11 is 5.22. The molecule has 2 heterocycles. The topological polar surface area (TPSA) is 39.7 Å². The van der Waals surface area contributed by atoms with Gasteiger partial charge in [0.25, 0.3) is 0 Å². The van der Waals surface area contributed by atoms with Crippen molar-refractivity contribution in [3.8, 4) is 0 Å². The second-order valence-corrected chi connectivity index (χ2v) is 6.90. The Hall–Kier alpha value is -0.590. The molecule has 0 atom stereocenters. The SMILES string of the molecule is CN=C(NCCN1CCCCC1)NCc1cc(Br)cs1. The number of thiophene rings is 1. The highest BCUT2D eigenvalue weighted by molar-refractivity contribution is 9.10. The standard InChI is InChI=1S/C14H23BrN4S/c1-16-14(18-10-13-9-12(15)11-20-13)17-5-8-19-6-3-2-4-7-19/h9,11H,2-8,10H2,1H3,(H2,16,17,18). The van der Waals surface area contributed by atoms with Gasteiger partial charge in [-0.2, -0.15) is 0 Å². The lowest BCUT2D eigenvalue weighted by Crippen LogP contribution is -2.42. The van der Waals surface area contributed by atoms with Gasteiger partial charge in [-0.1, -0.05) is 6.42 Å². The number of nitrogens with one attached hydrogen (secondary N) is 2. The van der Waals surface area contributed by atoms with Crippen LogP contribution in [0.1, 0.15) is 24.1 Å². The van der Waals surface area contributed by atoms with Crippen LogP contribution in [-0.2, 0) is 6.54 Å². The zero-order chi connectivity index (χ0) is 14.2. The number of nitrogens with zero attached hydrogens (tertiary/aromatic N) is 2. The average molecular weight is 359 g/mol. The van der Waals surface area contributed by atoms with Gasteiger partial charge in [0.1, 0.15) is 0 Å². The molecule has 0 amide bonds. The second-order valence-electron chi connectivity index (χ2n) is 4.99. The summed E-state index contributed by atoms with van der Waals surface area (Å²) in [5.74, 6) is 0.881. The molecule has 1 aliphatic rings. The molecule has 0 bridgehead atoms. The van der Waals surface area contributed by atoms with Gasteiger partial charge in [-0.25, -0.2) is 0 Å². The molecule has 112 valence electrons. The first-order valence-electron chi connectivity index (χ1n) is 7.17. The lowest BCUT2D eigenvalue weighted by atomic mass is 10.1. The van der Waals surface area contributed by atoms with Crippen molar-refractivity contribution in [2.75, 3.05) is 33.2 Å². The number of likely N-dealkylation sites (tertiary alicyclic amines) is 1. The Labute approximate surface area is 133 Å². The monoisotopic (exact) mass is 358 g/mol. The third-order valence-corrected chi connectivity index (χ3v) is 5.14. The van der Waals surface area contributed by atoms with E-state index in [0.717, 1.165) is 30.1 Å². The van der Waals surface area contributed by atoms with Crippen molar-refractivity contribution >= 4 is 33.2 Å². The molecule has 0 aliphatic carbocycles. The normalized spacial score (nSPS) is 17.2. The van der Waals surface area contributed by atoms with Crippen molar-refractivity contribution in [2.45, 2.75) is 25.8 Å². The molecule has 0 radical (unpaired) electrons. The van der Waals surface area contributed by atoms with E-state index in [2.05, 4.69) is 47.9 Å². The lowest BCUT2D eigenvalue weighted by Gasteiger charge is -2.26. The van der Waals surface area contributed by atoms with Crippen molar-refractivity contribution in [1.29, 1.82) is 0 Å². The lowest BCUT2D eigenvalue weighted by molar-refractivity contribution is 0.232. The summed E-state index contributed by atoms with van der Waals surface area (Å²) in [6, 6.07) is 2.14. The van der Waals surface area contributed by atoms with Crippen molar-refractivity contribution in [1.82, 2.24) is 15.5 Å². The van der Waals surface area contributed by atoms with E-state index in [1.807, 2.05) is 7.05 Å². The quantitative estimate of drug-likeness (QED) is 0.627. The second kappa shape index (κ2) is 8.64. The van der Waals surface area contributed by atoms with Crippen LogP contribution in [-0.4, -0.2) is 44.1 Å². The number of halogens is 1. The van der Waals surface area contributed by atoms with Gasteiger partial charge in [0.2, 0.25) is 0 Å². The van der Waals surface area contributed by atoms with Gasteiger partial charge in [-0.05, 0) is 47.9 Å². The molecule has 6 heteroatoms. The minimum absolute atomic E-state index is 0.819. The summed E-state index contributed by atoms with van der Waals surface area (Å²) in [4.78, 5) is 8.09. The van der Waals surface area contributed by atoms with Crippen molar-refractivity contribution in [3.05, 3.63) is 20.8 Å². The third kappa shape index (κ3) is 5.42. The first kappa shape index (κ1) is 15.8. The van der Waals surface area contributed by atoms with Crippen LogP contribution in [0.4, 0.5) is 0 Å². The largest absolute Gasteiger partial charge is 0.355 e. The Kier molecular flexibility index (Phi) is 6.82. The van der Waals surface area contributed by atoms with E-state index in [-0.39, 0.29) is 0 Å². The molecule has 2 N–H and O–H groups in total. The smallest absolute Gasteiger partial charge is 0.191 e. The molecule has 0 unspecified atom stereocenters. The summed E-state index contributed by atoms with van der Waals surface area (Å²) in [5.41, 5.74) is 0. The van der Waals surface area contributed by atoms with E-state index in [4.69, 9.17) is 0 Å². The van der Waals surface area contributed by atoms with Crippen LogP contribution in [0, 0.1) is 0 Å². The Morgan fingerprint density at radius 2 is 2.15 bits per heavy atom. The number of aliphatic imine (C=N–C) groups is 1. The van der Waals surface area contributed by atoms with E-state index < -0.39 is 0 Å². The Balaban J connectivity index is 1.64. The first-order chi connectivity index (χ1) is 9.78. The van der Waals surface area contributed by atoms with Gasteiger partial charge in [0, 0.05) is 34.9 Å². The van der Waals surface area contributed by atoms with Gasteiger partial charge < -0.3 is 15.5 Å². The molecule has 0 aromatic carbocycles. The van der Waals surface area contributed by atoms with Gasteiger partial charge >= 0.3 is 0 Å². The number of guanidine groups is 1. The van der Waals surface area contributed by atoms with Crippen molar-refractivity contribution < 1.29 is 0 Å². The zero-order valence-electron chi connectivity index (χ0n) is 12.0. The maximum atomic E-state index is 4.26. The molecule has 1 aliphatic heterocycles. The van der Waals surface area contributed by atoms with Crippen LogP contribution >= 0.6 is 27.3 Å². The predicted octanol–water partition coefficient (Wildman–Crippen LogP) is 2.66. The molecule has 1 saturated heterocycles. The molecule has 1 fully saturated rings. The maximum absolute atomic E-state index is 4.26. The molecule has 1 aromatic heterocycles. The highest BCUT2D eigenvalue weighted by Crippen LogP contribution is 2.19. The Morgan fingerprint density at radius 1 is 1.35 bits per heavy atom. The van der Waals surface area contributed by atoms with Crippen LogP contribution in [0.15, 0.2) is 20.9 Å². The molecular formula is C14H23BrN4S. The van der Waals surface area contributed by atoms with Crippen molar-refractivity contribution in [2.24, 2.45) is 4.99 Å². The van der Waals surface area contributed by atoms with Gasteiger partial charge in [0.15, 0.2) is 5.96 Å². The Morgan fingerprint density at radius 3 is 2.80 bits per heavy atom. The highest BCUT2D eigenvalue weighted by Gasteiger charge is 2.09. The fourth-order valence-electron chi connectivity index (χ4n) is 2.35. The van der Waals surface area contributed by atoms with E-state index >= 15 is 0 Å². The fraction of sp³-hybridized carbons (Fsp3) is 0.643. The summed E-state index contributed by atoms with van der Waals surface area (Å²) in [7, 11) is 1.82. The van der Waals surface area contributed by atoms with Gasteiger partial charge in [0.05, 0.1) is 6.54 Å². The van der Waals surface area contributed by atoms with Crippen LogP contribution in [0.3, 0.4) is 0 Å². The van der Waals surface area contributed by atoms with Crippen LogP contribution in [0.25, 0.3) is 0 Å². The van der Waals surface area contributed by atoms with Gasteiger partial charge in [-0.15, -0.1) is 11.3 Å². The Bertz CT molecular complexity index is 427. The fourth-order valence-corrected chi connectivity index (χ4v) is 3.74. The first-order valence-corrected chi connectivity index (χ1v) is 8.85. The summed E-state index contributed by atoms with van der Waals surface area (Å²) in [5, 5.41) is 8.83. The van der Waals surface area contributed by atoms with Crippen LogP contribution in [0.5, 0.6) is 0 Å². The molecule has 1 aromatic rings. The number of rotatable bonds is 5. The minimum Gasteiger partial charge on any atom is -0.355 e. The summed E-state index contributed by atoms with van der Waals surface area (Å²) in [6.07, 6.45) is 4.09. The predicted molar refractivity (Wildman–Crippen MR) is 90.5 cm³/mol. The van der Waals surface area contributed by atoms with Crippen LogP contribution < -0.4 is 10.6 Å². The van der Waals surface area contributed by atoms with Crippen LogP contribution in [0.2, 0.25) is 0 Å². The van der Waals surface area contributed by atoms with E-state index in [0.29, 0.717) is 0 Å². The number of hydrogen-bond acceptors (Lipinski definition) is 3. The zero-order valence-corrected chi connectivity index (χ0v) is 14.4. The molecule has 0 saturated carbocycles. The minimum atomic E-state index is 0.819. The molecule has 20 heavy (non-hydrogen) atoms. The number of hydrogen-bond donors (Lipinski definition) is 2. The van der Waals surface area contributed by atoms with Crippen molar-refractivity contribution in [3.63, 3.8) is 0 Å².